The van der Waals surface area contributed by atoms with Crippen molar-refractivity contribution in [1.82, 2.24) is 10.2 Å². The second-order valence-electron chi connectivity index (χ2n) is 9.85. The van der Waals surface area contributed by atoms with Crippen LogP contribution in [0.4, 0.5) is 17.6 Å². The summed E-state index contributed by atoms with van der Waals surface area (Å²) in [7, 11) is 1.59. The fourth-order valence-corrected chi connectivity index (χ4v) is 5.63. The maximum Gasteiger partial charge on any atom is 1.00 e. The van der Waals surface area contributed by atoms with E-state index in [-0.39, 0.29) is 60.0 Å². The first kappa shape index (κ1) is 31.5. The molecule has 2 aromatic rings. The molecule has 2 saturated carbocycles. The topological polar surface area (TPSA) is 61.8 Å². The van der Waals surface area contributed by atoms with Crippen molar-refractivity contribution >= 4 is 46.4 Å². The van der Waals surface area contributed by atoms with Gasteiger partial charge in [0, 0.05) is 43.1 Å². The number of carbonyl (C=O) groups excluding carboxylic acids is 2. The molecule has 4 atom stereocenters. The normalized spacial score (nSPS) is 26.8. The van der Waals surface area contributed by atoms with Crippen molar-refractivity contribution < 1.29 is 58.1 Å². The Morgan fingerprint density at radius 1 is 1.00 bits per heavy atom. The number of thiocarbonyl (C=S) groups is 2. The van der Waals surface area contributed by atoms with E-state index in [1.165, 1.54) is 24.3 Å². The van der Waals surface area contributed by atoms with Crippen LogP contribution in [-0.2, 0) is 20.4 Å². The van der Waals surface area contributed by atoms with Gasteiger partial charge in [0.1, 0.15) is 23.3 Å². The fraction of sp³-hybridized carbons (Fsp3) is 0.407. The van der Waals surface area contributed by atoms with Crippen LogP contribution in [0.15, 0.2) is 41.4 Å². The molecule has 0 unspecified atom stereocenters. The van der Waals surface area contributed by atoms with Gasteiger partial charge in [-0.15, -0.1) is 0 Å². The minimum atomic E-state index is -0.598. The molecule has 4 aliphatic rings. The number of likely N-dealkylation sites (tertiary alicyclic amines) is 1. The van der Waals surface area contributed by atoms with Gasteiger partial charge >= 0.3 is 29.6 Å². The molecule has 6 rings (SSSR count). The van der Waals surface area contributed by atoms with Crippen molar-refractivity contribution in [3.8, 4) is 0 Å². The number of hydrogen-bond acceptors (Lipinski definition) is 5. The molecule has 0 radical (unpaired) electrons. The first-order valence-corrected chi connectivity index (χ1v) is 12.8. The van der Waals surface area contributed by atoms with Crippen LogP contribution in [0.1, 0.15) is 38.7 Å². The number of isothiocyanates is 1. The van der Waals surface area contributed by atoms with Crippen molar-refractivity contribution in [2.45, 2.75) is 37.0 Å². The first-order valence-electron chi connectivity index (χ1n) is 12.0. The van der Waals surface area contributed by atoms with Crippen LogP contribution in [0.5, 0.6) is 0 Å². The van der Waals surface area contributed by atoms with E-state index in [1.807, 2.05) is 6.92 Å². The van der Waals surface area contributed by atoms with E-state index in [9.17, 15) is 27.2 Å². The first-order chi connectivity index (χ1) is 18.0. The molecule has 2 aliphatic carbocycles. The van der Waals surface area contributed by atoms with Crippen molar-refractivity contribution in [3.05, 3.63) is 70.8 Å². The molecule has 0 spiro atoms. The molecule has 39 heavy (non-hydrogen) atoms. The van der Waals surface area contributed by atoms with Gasteiger partial charge in [-0.2, -0.15) is 0 Å². The monoisotopic (exact) mass is 587 g/mol. The third-order valence-electron chi connectivity index (χ3n) is 7.62. The Labute approximate surface area is 258 Å². The largest absolute Gasteiger partial charge is 1.00 e. The van der Waals surface area contributed by atoms with Crippen molar-refractivity contribution in [3.63, 3.8) is 0 Å². The second-order valence-corrected chi connectivity index (χ2v) is 10.5. The fourth-order valence-electron chi connectivity index (χ4n) is 5.48. The zero-order valence-electron chi connectivity index (χ0n) is 22.7. The summed E-state index contributed by atoms with van der Waals surface area (Å²) in [5.41, 5.74) is 0.410. The third kappa shape index (κ3) is 6.19. The molecule has 12 heteroatoms. The van der Waals surface area contributed by atoms with Gasteiger partial charge in [-0.25, -0.2) is 22.6 Å². The van der Waals surface area contributed by atoms with E-state index >= 15 is 0 Å². The van der Waals surface area contributed by atoms with E-state index in [0.29, 0.717) is 48.5 Å². The molecule has 0 aromatic heterocycles. The summed E-state index contributed by atoms with van der Waals surface area (Å²) in [6, 6.07) is 7.00. The molecule has 2 heterocycles. The molecular weight excluding hydrogens is 561 g/mol. The van der Waals surface area contributed by atoms with Crippen LogP contribution in [0.2, 0.25) is 0 Å². The number of rotatable bonds is 3. The number of nitrogens with one attached hydrogen (secondary N) is 1. The van der Waals surface area contributed by atoms with Gasteiger partial charge < -0.3 is 11.6 Å². The average Bonchev–Trinajstić information content (AvgIpc) is 3.75. The standard InChI is InChI=1S/C14H13F2NOS.C11H9F2NO.C2H3NS.Na.H/c1-2-12(19)17-7-14(6-11(14)13(17)18)8-3-9(15)5-10(16)4-8;12-7-1-6(2-8(13)3-7)11-4-9(11)10(15)14-5-11;1-3-2-4;;/h3-5,11H,2,6-7H2,1H3;1-3,9H,4-5H2,(H,14,15);1H3;;/q;;;+1;-1/t11-,14+;9-,11+;;;/m00.../s1. The zero-order valence-corrected chi connectivity index (χ0v) is 25.3. The van der Waals surface area contributed by atoms with Gasteiger partial charge in [0.05, 0.1) is 22.0 Å². The molecule has 0 bridgehead atoms. The van der Waals surface area contributed by atoms with Crippen LogP contribution < -0.4 is 34.9 Å². The molecule has 202 valence electrons. The third-order valence-corrected chi connectivity index (χ3v) is 8.31. The van der Waals surface area contributed by atoms with Gasteiger partial charge in [-0.3, -0.25) is 9.59 Å². The summed E-state index contributed by atoms with van der Waals surface area (Å²) >= 11 is 9.31. The predicted octanol–water partition coefficient (Wildman–Crippen LogP) is 1.99. The van der Waals surface area contributed by atoms with E-state index in [0.717, 1.165) is 12.1 Å². The quantitative estimate of drug-likeness (QED) is 0.259. The number of carbonyl (C=O) groups is 2. The summed E-state index contributed by atoms with van der Waals surface area (Å²) in [4.78, 5) is 28.9. The van der Waals surface area contributed by atoms with Crippen molar-refractivity contribution in [2.75, 3.05) is 20.1 Å². The maximum absolute atomic E-state index is 13.3. The van der Waals surface area contributed by atoms with Crippen LogP contribution >= 0.6 is 24.4 Å². The van der Waals surface area contributed by atoms with Gasteiger partial charge in [-0.1, -0.05) is 19.1 Å². The molecule has 1 N–H and O–H groups in total. The molecule has 2 saturated heterocycles. The zero-order chi connectivity index (χ0) is 27.8. The minimum absolute atomic E-state index is 0. The summed E-state index contributed by atoms with van der Waals surface area (Å²) in [6.45, 7) is 2.85. The van der Waals surface area contributed by atoms with Crippen LogP contribution in [-0.4, -0.2) is 47.0 Å². The number of hydrogen-bond donors (Lipinski definition) is 1. The number of piperidine rings is 2. The van der Waals surface area contributed by atoms with Crippen molar-refractivity contribution in [1.29, 1.82) is 0 Å². The van der Waals surface area contributed by atoms with E-state index in [2.05, 4.69) is 27.7 Å². The second kappa shape index (κ2) is 12.2. The predicted molar refractivity (Wildman–Crippen MR) is 142 cm³/mol. The summed E-state index contributed by atoms with van der Waals surface area (Å²) in [5.74, 6) is -2.61. The molecule has 4 fully saturated rings. The van der Waals surface area contributed by atoms with Gasteiger partial charge in [0.25, 0.3) is 0 Å². The Morgan fingerprint density at radius 2 is 1.46 bits per heavy atom. The number of halogens is 4. The van der Waals surface area contributed by atoms with E-state index in [4.69, 9.17) is 12.2 Å². The molecule has 5 nitrogen and oxygen atoms in total. The Kier molecular flexibility index (Phi) is 9.89. The SMILES string of the molecule is CCC(=S)N1C[C@@]2(c3cc(F)cc(F)c3)C[C@H]2C1=O.CN=C=S.O=C1NC[C@@]2(c3cc(F)cc(F)c3)C[C@@H]12.[H-].[Na+]. The summed E-state index contributed by atoms with van der Waals surface area (Å²) < 4.78 is 52.7. The summed E-state index contributed by atoms with van der Waals surface area (Å²) in [6.07, 6.45) is 2.00. The van der Waals surface area contributed by atoms with Gasteiger partial charge in [0.15, 0.2) is 0 Å². The Bertz CT molecular complexity index is 1340. The molecule has 2 amide bonds. The smallest absolute Gasteiger partial charge is 1.00 e. The Morgan fingerprint density at radius 3 is 1.85 bits per heavy atom. The Hall–Kier alpha value is -2.01. The number of fused-ring (bicyclic) bond motifs is 2. The van der Waals surface area contributed by atoms with Gasteiger partial charge in [-0.05, 0) is 66.9 Å². The molecule has 2 aliphatic heterocycles. The maximum atomic E-state index is 13.3. The number of aliphatic imine (C=N–C) groups is 1. The van der Waals surface area contributed by atoms with Crippen LogP contribution in [0, 0.1) is 35.1 Å². The number of benzene rings is 2. The molecular formula is C27H26F4N3NaO2S2. The van der Waals surface area contributed by atoms with Gasteiger partial charge in [0.2, 0.25) is 11.8 Å². The van der Waals surface area contributed by atoms with E-state index < -0.39 is 28.7 Å². The van der Waals surface area contributed by atoms with E-state index in [1.54, 1.807) is 11.9 Å². The number of nitrogens with zero attached hydrogens (tertiary/aromatic N) is 2. The average molecular weight is 588 g/mol. The molecule has 2 aromatic carbocycles. The van der Waals surface area contributed by atoms with Crippen LogP contribution in [0.25, 0.3) is 0 Å². The minimum Gasteiger partial charge on any atom is -1.00 e. The number of amides is 2. The Balaban J connectivity index is 0.000000241. The van der Waals surface area contributed by atoms with Crippen molar-refractivity contribution in [2.24, 2.45) is 16.8 Å². The summed E-state index contributed by atoms with van der Waals surface area (Å²) in [5, 5.41) is 4.85. The van der Waals surface area contributed by atoms with Crippen LogP contribution in [0.3, 0.4) is 0 Å².